The van der Waals surface area contributed by atoms with E-state index in [-0.39, 0.29) is 30.9 Å². The fourth-order valence-electron chi connectivity index (χ4n) is 8.76. The summed E-state index contributed by atoms with van der Waals surface area (Å²) in [6.07, 6.45) is -1.22. The van der Waals surface area contributed by atoms with Crippen LogP contribution < -0.4 is 0 Å². The summed E-state index contributed by atoms with van der Waals surface area (Å²) in [5.74, 6) is -4.32. The van der Waals surface area contributed by atoms with Gasteiger partial charge in [-0.1, -0.05) is 50.6 Å². The molecule has 358 valence electrons. The normalized spacial score (nSPS) is 38.6. The van der Waals surface area contributed by atoms with E-state index in [1.807, 2.05) is 19.9 Å². The molecule has 0 saturated carbocycles. The van der Waals surface area contributed by atoms with Crippen LogP contribution in [0.15, 0.2) is 60.3 Å². The Kier molecular flexibility index (Phi) is 20.8. The van der Waals surface area contributed by atoms with Crippen molar-refractivity contribution >= 4 is 24.0 Å². The molecule has 3 aliphatic heterocycles. The summed E-state index contributed by atoms with van der Waals surface area (Å²) >= 11 is 0. The Labute approximate surface area is 377 Å². The third kappa shape index (κ3) is 13.9. The molecule has 3 N–H and O–H groups in total. The molecular formula is C47H70N2O15. The minimum atomic E-state index is -1.35. The molecule has 4 rings (SSSR count). The SMILES string of the molecule is CC[C@H]1OC(=O)C[C@@H](OC(=O)c2ccccn2)[C@H](C)[C@@H](O[C@H]2O[C@@H](C)[C@H](O)[C@@H](N(C)C)[C@@H]2O)[C@@H](C/C=C/C=O)C[C@@H](C)C(=O)/C=C/C(C)=C/[C@@H]1CO[C@@H]1O[C@H](C)[C@@H](O)[C@@H](OC)[C@H]1OC. The maximum absolute atomic E-state index is 14.3. The van der Waals surface area contributed by atoms with Gasteiger partial charge in [0.25, 0.3) is 0 Å². The molecule has 3 aliphatic rings. The second-order valence-corrected chi connectivity index (χ2v) is 17.3. The first kappa shape index (κ1) is 52.9. The molecule has 0 bridgehead atoms. The van der Waals surface area contributed by atoms with E-state index < -0.39 is 122 Å². The van der Waals surface area contributed by atoms with Gasteiger partial charge in [0.2, 0.25) is 0 Å². The minimum Gasteiger partial charge on any atom is -0.462 e. The Bertz CT molecular complexity index is 1740. The number of pyridine rings is 1. The predicted octanol–water partition coefficient (Wildman–Crippen LogP) is 3.38. The molecule has 0 amide bonds. The van der Waals surface area contributed by atoms with Crippen molar-refractivity contribution < 1.29 is 72.4 Å². The zero-order valence-electron chi connectivity index (χ0n) is 38.8. The third-order valence-electron chi connectivity index (χ3n) is 12.5. The van der Waals surface area contributed by atoms with Crippen molar-refractivity contribution in [2.24, 2.45) is 23.7 Å². The number of methoxy groups -OCH3 is 2. The summed E-state index contributed by atoms with van der Waals surface area (Å²) in [4.78, 5) is 59.4. The van der Waals surface area contributed by atoms with Crippen LogP contribution in [0.1, 0.15) is 77.7 Å². The van der Waals surface area contributed by atoms with Gasteiger partial charge in [0.1, 0.15) is 48.6 Å². The summed E-state index contributed by atoms with van der Waals surface area (Å²) < 4.78 is 48.8. The van der Waals surface area contributed by atoms with E-state index in [9.17, 15) is 34.5 Å². The average molecular weight is 903 g/mol. The minimum absolute atomic E-state index is 0.00655. The molecular weight excluding hydrogens is 833 g/mol. The summed E-state index contributed by atoms with van der Waals surface area (Å²) in [6, 6.07) is 3.97. The fraction of sp³-hybridized carbons (Fsp3) is 0.681. The van der Waals surface area contributed by atoms with Crippen LogP contribution in [0.25, 0.3) is 0 Å². The number of ether oxygens (including phenoxy) is 8. The number of carbonyl (C=O) groups is 4. The summed E-state index contributed by atoms with van der Waals surface area (Å²) in [5.41, 5.74) is 0.674. The van der Waals surface area contributed by atoms with Crippen molar-refractivity contribution in [3.63, 3.8) is 0 Å². The lowest BCUT2D eigenvalue weighted by molar-refractivity contribution is -0.304. The first-order valence-electron chi connectivity index (χ1n) is 22.1. The van der Waals surface area contributed by atoms with Gasteiger partial charge in [-0.05, 0) is 84.3 Å². The highest BCUT2D eigenvalue weighted by Gasteiger charge is 2.48. The third-order valence-corrected chi connectivity index (χ3v) is 12.5. The number of esters is 2. The molecule has 0 spiro atoms. The number of hydrogen-bond donors (Lipinski definition) is 3. The highest BCUT2D eigenvalue weighted by Crippen LogP contribution is 2.36. The van der Waals surface area contributed by atoms with Gasteiger partial charge >= 0.3 is 11.9 Å². The Morgan fingerprint density at radius 2 is 1.62 bits per heavy atom. The van der Waals surface area contributed by atoms with Crippen molar-refractivity contribution in [2.75, 3.05) is 34.9 Å². The number of aliphatic hydroxyl groups is 3. The van der Waals surface area contributed by atoms with Crippen LogP contribution in [0.5, 0.6) is 0 Å². The topological polar surface area (TPSA) is 219 Å². The summed E-state index contributed by atoms with van der Waals surface area (Å²) in [5, 5.41) is 33.4. The molecule has 0 aromatic carbocycles. The zero-order chi connectivity index (χ0) is 47.2. The molecule has 2 fully saturated rings. The first-order valence-corrected chi connectivity index (χ1v) is 22.1. The van der Waals surface area contributed by atoms with Gasteiger partial charge in [-0.25, -0.2) is 9.78 Å². The number of hydrogen-bond acceptors (Lipinski definition) is 17. The van der Waals surface area contributed by atoms with Crippen LogP contribution >= 0.6 is 0 Å². The first-order chi connectivity index (χ1) is 30.4. The van der Waals surface area contributed by atoms with Crippen molar-refractivity contribution in [3.8, 4) is 0 Å². The van der Waals surface area contributed by atoms with Crippen molar-refractivity contribution in [1.29, 1.82) is 0 Å². The van der Waals surface area contributed by atoms with Crippen LogP contribution in [0.2, 0.25) is 0 Å². The average Bonchev–Trinajstić information content (AvgIpc) is 3.26. The highest BCUT2D eigenvalue weighted by atomic mass is 16.7. The van der Waals surface area contributed by atoms with Gasteiger partial charge in [-0.2, -0.15) is 0 Å². The summed E-state index contributed by atoms with van der Waals surface area (Å²) in [6.45, 7) is 10.5. The smallest absolute Gasteiger partial charge is 0.357 e. The summed E-state index contributed by atoms with van der Waals surface area (Å²) in [7, 11) is 6.35. The van der Waals surface area contributed by atoms with E-state index >= 15 is 0 Å². The van der Waals surface area contributed by atoms with E-state index in [4.69, 9.17) is 37.9 Å². The molecule has 0 unspecified atom stereocenters. The lowest BCUT2D eigenvalue weighted by atomic mass is 9.79. The van der Waals surface area contributed by atoms with E-state index in [2.05, 4.69) is 4.98 Å². The van der Waals surface area contributed by atoms with Crippen molar-refractivity contribution in [1.82, 2.24) is 9.88 Å². The lowest BCUT2D eigenvalue weighted by Gasteiger charge is -2.46. The lowest BCUT2D eigenvalue weighted by Crippen LogP contribution is -2.63. The van der Waals surface area contributed by atoms with Gasteiger partial charge in [0.05, 0.1) is 43.5 Å². The van der Waals surface area contributed by atoms with Gasteiger partial charge in [-0.15, -0.1) is 0 Å². The number of likely N-dealkylation sites (N-methyl/N-ethyl adjacent to an activating group) is 1. The fourth-order valence-corrected chi connectivity index (χ4v) is 8.76. The second-order valence-electron chi connectivity index (χ2n) is 17.3. The number of cyclic esters (lactones) is 1. The van der Waals surface area contributed by atoms with Crippen LogP contribution in [-0.2, 0) is 52.3 Å². The van der Waals surface area contributed by atoms with Gasteiger partial charge in [0, 0.05) is 38.2 Å². The number of aromatic nitrogens is 1. The molecule has 17 atom stereocenters. The quantitative estimate of drug-likeness (QED) is 0.138. The van der Waals surface area contributed by atoms with Gasteiger partial charge in [0.15, 0.2) is 18.4 Å². The standard InChI is InChI=1S/C47H70N2O15/c1-11-35-32(25-59-47-44(58-10)43(57-9)40(54)30(6)61-47)22-26(2)18-19-34(51)27(3)23-31(16-13-15-21-50)42(64-46-41(55)38(49(7)8)39(53)29(5)60-46)28(4)36(24-37(52)62-35)63-45(56)33-17-12-14-20-48-33/h12-15,17-22,27-32,35-36,38-44,46-47,53-55H,11,16,23-25H2,1-10H3/b15-13+,19-18+,26-22+/t27-,28+,29+,30-,31+,32-,35-,36-,38-,39+,40-,41+,42-,43-,44-,46-,47-/m1/s1. The van der Waals surface area contributed by atoms with E-state index in [1.54, 1.807) is 71.0 Å². The zero-order valence-corrected chi connectivity index (χ0v) is 38.8. The molecule has 64 heavy (non-hydrogen) atoms. The van der Waals surface area contributed by atoms with Crippen LogP contribution in [0.3, 0.4) is 0 Å². The molecule has 1 aromatic rings. The van der Waals surface area contributed by atoms with Gasteiger partial charge < -0.3 is 58.1 Å². The maximum atomic E-state index is 14.3. The molecule has 2 saturated heterocycles. The predicted molar refractivity (Wildman–Crippen MR) is 232 cm³/mol. The van der Waals surface area contributed by atoms with E-state index in [1.165, 1.54) is 38.6 Å². The van der Waals surface area contributed by atoms with Crippen molar-refractivity contribution in [3.05, 3.63) is 66.0 Å². The molecule has 0 radical (unpaired) electrons. The largest absolute Gasteiger partial charge is 0.462 e. The monoisotopic (exact) mass is 902 g/mol. The number of carbonyl (C=O) groups excluding carboxylic acids is 4. The van der Waals surface area contributed by atoms with E-state index in [0.29, 0.717) is 18.3 Å². The Balaban J connectivity index is 1.81. The Hall–Kier alpha value is -3.75. The number of rotatable bonds is 14. The Morgan fingerprint density at radius 1 is 0.938 bits per heavy atom. The number of nitrogens with zero attached hydrogens (tertiary/aromatic N) is 2. The molecule has 0 aliphatic carbocycles. The molecule has 4 heterocycles. The highest BCUT2D eigenvalue weighted by molar-refractivity contribution is 5.91. The van der Waals surface area contributed by atoms with Crippen molar-refractivity contribution in [2.45, 2.75) is 147 Å². The van der Waals surface area contributed by atoms with Crippen LogP contribution in [-0.4, -0.2) is 164 Å². The number of allylic oxidation sites excluding steroid dienone is 5. The Morgan fingerprint density at radius 3 is 2.25 bits per heavy atom. The van der Waals surface area contributed by atoms with Crippen LogP contribution in [0, 0.1) is 23.7 Å². The number of aldehydes is 1. The van der Waals surface area contributed by atoms with Gasteiger partial charge in [-0.3, -0.25) is 14.4 Å². The second kappa shape index (κ2) is 25.2. The molecule has 17 nitrogen and oxygen atoms in total. The number of ketones is 1. The number of aliphatic hydroxyl groups excluding tert-OH is 3. The van der Waals surface area contributed by atoms with Crippen LogP contribution in [0.4, 0.5) is 0 Å². The molecule has 17 heteroatoms. The molecule has 1 aromatic heterocycles. The maximum Gasteiger partial charge on any atom is 0.357 e. The van der Waals surface area contributed by atoms with E-state index in [0.717, 1.165) is 0 Å².